The maximum atomic E-state index is 13.7. The van der Waals surface area contributed by atoms with Crippen molar-refractivity contribution in [1.29, 1.82) is 0 Å². The quantitative estimate of drug-likeness (QED) is 0.875. The Morgan fingerprint density at radius 2 is 2.19 bits per heavy atom. The first-order valence-electron chi connectivity index (χ1n) is 6.17. The summed E-state index contributed by atoms with van der Waals surface area (Å²) in [6.45, 7) is 2.84. The van der Waals surface area contributed by atoms with Gasteiger partial charge in [0.1, 0.15) is 16.5 Å². The first-order chi connectivity index (χ1) is 9.83. The lowest BCUT2D eigenvalue weighted by atomic mass is 10.2. The van der Waals surface area contributed by atoms with Crippen LogP contribution in [0.2, 0.25) is 0 Å². The Kier molecular flexibility index (Phi) is 4.40. The molecule has 8 heteroatoms. The molecule has 2 aromatic rings. The number of nitrogens with zero attached hydrogens (tertiary/aromatic N) is 1. The lowest BCUT2D eigenvalue weighted by Gasteiger charge is -2.12. The van der Waals surface area contributed by atoms with Crippen LogP contribution in [0.5, 0.6) is 0 Å². The Morgan fingerprint density at radius 3 is 2.76 bits per heavy atom. The third-order valence-corrected chi connectivity index (χ3v) is 4.36. The predicted molar refractivity (Wildman–Crippen MR) is 72.3 cm³/mol. The number of nitrogens with one attached hydrogen (secondary N) is 1. The van der Waals surface area contributed by atoms with Gasteiger partial charge in [0.2, 0.25) is 15.9 Å². The van der Waals surface area contributed by atoms with E-state index >= 15 is 0 Å². The van der Waals surface area contributed by atoms with Gasteiger partial charge in [-0.2, -0.15) is 4.72 Å². The molecule has 1 aromatic carbocycles. The van der Waals surface area contributed by atoms with Crippen molar-refractivity contribution in [2.45, 2.75) is 31.4 Å². The minimum atomic E-state index is -4.10. The van der Waals surface area contributed by atoms with Crippen molar-refractivity contribution in [1.82, 2.24) is 9.71 Å². The smallest absolute Gasteiger partial charge is 0.244 e. The van der Waals surface area contributed by atoms with Crippen LogP contribution in [0.1, 0.15) is 30.2 Å². The van der Waals surface area contributed by atoms with Gasteiger partial charge in [0, 0.05) is 0 Å². The van der Waals surface area contributed by atoms with Crippen molar-refractivity contribution >= 4 is 10.0 Å². The lowest BCUT2D eigenvalue weighted by molar-refractivity contribution is 0.281. The molecule has 0 aliphatic carbocycles. The zero-order chi connectivity index (χ0) is 15.6. The molecular formula is C13H15FN2O4S. The van der Waals surface area contributed by atoms with Gasteiger partial charge in [0.15, 0.2) is 0 Å². The molecule has 0 radical (unpaired) electrons. The number of aliphatic hydroxyl groups is 1. The Balaban J connectivity index is 2.30. The van der Waals surface area contributed by atoms with Crippen LogP contribution in [-0.2, 0) is 16.6 Å². The second-order valence-electron chi connectivity index (χ2n) is 4.58. The van der Waals surface area contributed by atoms with E-state index in [1.54, 1.807) is 6.92 Å². The van der Waals surface area contributed by atoms with Crippen molar-refractivity contribution in [3.63, 3.8) is 0 Å². The van der Waals surface area contributed by atoms with E-state index in [0.717, 1.165) is 12.1 Å². The monoisotopic (exact) mass is 314 g/mol. The number of aryl methyl sites for hydroxylation is 1. The summed E-state index contributed by atoms with van der Waals surface area (Å²) in [5.74, 6) is -0.158. The zero-order valence-electron chi connectivity index (χ0n) is 11.5. The Morgan fingerprint density at radius 1 is 1.48 bits per heavy atom. The highest BCUT2D eigenvalue weighted by atomic mass is 32.2. The molecule has 0 spiro atoms. The third kappa shape index (κ3) is 3.46. The molecule has 1 heterocycles. The van der Waals surface area contributed by atoms with E-state index in [-0.39, 0.29) is 12.5 Å². The standard InChI is InChI=1S/C13H15FN2O4S/c1-8-6-15-13(20-8)9(2)16-21(18,19)12-5-10(7-17)3-4-11(12)14/h3-6,9,16-17H,7H2,1-2H3. The Hall–Kier alpha value is -1.77. The summed E-state index contributed by atoms with van der Waals surface area (Å²) >= 11 is 0. The van der Waals surface area contributed by atoms with E-state index in [0.29, 0.717) is 11.3 Å². The molecule has 0 saturated carbocycles. The van der Waals surface area contributed by atoms with Gasteiger partial charge in [-0.05, 0) is 31.5 Å². The van der Waals surface area contributed by atoms with Gasteiger partial charge in [-0.15, -0.1) is 0 Å². The second-order valence-corrected chi connectivity index (χ2v) is 6.26. The molecule has 0 fully saturated rings. The molecule has 0 bridgehead atoms. The molecule has 21 heavy (non-hydrogen) atoms. The number of benzene rings is 1. The van der Waals surface area contributed by atoms with Crippen LogP contribution in [0.4, 0.5) is 4.39 Å². The average Bonchev–Trinajstić information content (AvgIpc) is 2.85. The summed E-state index contributed by atoms with van der Waals surface area (Å²) in [5, 5.41) is 9.02. The number of rotatable bonds is 5. The molecule has 0 aliphatic rings. The van der Waals surface area contributed by atoms with E-state index in [9.17, 15) is 12.8 Å². The first-order valence-corrected chi connectivity index (χ1v) is 7.65. The summed E-state index contributed by atoms with van der Waals surface area (Å²) in [6.07, 6.45) is 1.47. The number of aromatic nitrogens is 1. The molecule has 114 valence electrons. The minimum Gasteiger partial charge on any atom is -0.444 e. The summed E-state index contributed by atoms with van der Waals surface area (Å²) in [7, 11) is -4.10. The van der Waals surface area contributed by atoms with E-state index in [1.807, 2.05) is 0 Å². The van der Waals surface area contributed by atoms with Crippen molar-refractivity contribution in [2.24, 2.45) is 0 Å². The third-order valence-electron chi connectivity index (χ3n) is 2.81. The van der Waals surface area contributed by atoms with Gasteiger partial charge in [-0.25, -0.2) is 17.8 Å². The molecule has 0 saturated heterocycles. The van der Waals surface area contributed by atoms with E-state index < -0.39 is 26.8 Å². The minimum absolute atomic E-state index is 0.190. The van der Waals surface area contributed by atoms with Gasteiger partial charge in [-0.3, -0.25) is 0 Å². The van der Waals surface area contributed by atoms with E-state index in [1.165, 1.54) is 19.2 Å². The van der Waals surface area contributed by atoms with Crippen molar-refractivity contribution in [3.05, 3.63) is 47.4 Å². The van der Waals surface area contributed by atoms with Crippen LogP contribution in [0.15, 0.2) is 33.7 Å². The van der Waals surface area contributed by atoms with Crippen molar-refractivity contribution in [3.8, 4) is 0 Å². The van der Waals surface area contributed by atoms with Crippen molar-refractivity contribution < 1.29 is 22.3 Å². The van der Waals surface area contributed by atoms with E-state index in [2.05, 4.69) is 9.71 Å². The van der Waals surface area contributed by atoms with Gasteiger partial charge >= 0.3 is 0 Å². The molecule has 0 amide bonds. The zero-order valence-corrected chi connectivity index (χ0v) is 12.3. The highest BCUT2D eigenvalue weighted by Gasteiger charge is 2.24. The van der Waals surface area contributed by atoms with Gasteiger partial charge in [0.25, 0.3) is 0 Å². The average molecular weight is 314 g/mol. The normalized spacial score (nSPS) is 13.3. The molecule has 1 aromatic heterocycles. The second kappa shape index (κ2) is 5.92. The van der Waals surface area contributed by atoms with Crippen LogP contribution < -0.4 is 4.72 Å². The molecule has 2 rings (SSSR count). The van der Waals surface area contributed by atoms with Crippen LogP contribution in [0.25, 0.3) is 0 Å². The Bertz CT molecular complexity index is 742. The number of hydrogen-bond donors (Lipinski definition) is 2. The highest BCUT2D eigenvalue weighted by Crippen LogP contribution is 2.20. The van der Waals surface area contributed by atoms with Gasteiger partial charge < -0.3 is 9.52 Å². The molecular weight excluding hydrogens is 299 g/mol. The number of aliphatic hydroxyl groups excluding tert-OH is 1. The van der Waals surface area contributed by atoms with Gasteiger partial charge in [-0.1, -0.05) is 6.07 Å². The fourth-order valence-corrected chi connectivity index (χ4v) is 3.10. The maximum Gasteiger partial charge on any atom is 0.244 e. The number of oxazole rings is 1. The summed E-state index contributed by atoms with van der Waals surface area (Å²) in [5.41, 5.74) is 0.302. The summed E-state index contributed by atoms with van der Waals surface area (Å²) < 4.78 is 45.7. The molecule has 1 unspecified atom stereocenters. The van der Waals surface area contributed by atoms with Crippen molar-refractivity contribution in [2.75, 3.05) is 0 Å². The van der Waals surface area contributed by atoms with Gasteiger partial charge in [0.05, 0.1) is 18.8 Å². The number of sulfonamides is 1. The fourth-order valence-electron chi connectivity index (χ4n) is 1.77. The van der Waals surface area contributed by atoms with Crippen LogP contribution in [0, 0.1) is 12.7 Å². The highest BCUT2D eigenvalue weighted by molar-refractivity contribution is 7.89. The number of halogens is 1. The molecule has 0 aliphatic heterocycles. The summed E-state index contributed by atoms with van der Waals surface area (Å²) in [4.78, 5) is 3.40. The molecule has 2 N–H and O–H groups in total. The lowest BCUT2D eigenvalue weighted by Crippen LogP contribution is -2.28. The molecule has 1 atom stereocenters. The van der Waals surface area contributed by atoms with E-state index in [4.69, 9.17) is 9.52 Å². The van der Waals surface area contributed by atoms with Crippen LogP contribution in [0.3, 0.4) is 0 Å². The first kappa shape index (κ1) is 15.6. The largest absolute Gasteiger partial charge is 0.444 e. The SMILES string of the molecule is Cc1cnc(C(C)NS(=O)(=O)c2cc(CO)ccc2F)o1. The maximum absolute atomic E-state index is 13.7. The topological polar surface area (TPSA) is 92.4 Å². The number of hydrogen-bond acceptors (Lipinski definition) is 5. The van der Waals surface area contributed by atoms with Crippen LogP contribution in [-0.4, -0.2) is 18.5 Å². The Labute approximate surface area is 121 Å². The summed E-state index contributed by atoms with van der Waals surface area (Å²) in [6, 6.07) is 2.65. The molecule has 6 nitrogen and oxygen atoms in total. The van der Waals surface area contributed by atoms with Crippen LogP contribution >= 0.6 is 0 Å². The predicted octanol–water partition coefficient (Wildman–Crippen LogP) is 1.65. The fraction of sp³-hybridized carbons (Fsp3) is 0.308.